The molecule has 0 saturated carbocycles. The van der Waals surface area contributed by atoms with Crippen LogP contribution in [0.5, 0.6) is 23.0 Å². The second kappa shape index (κ2) is 13.1. The summed E-state index contributed by atoms with van der Waals surface area (Å²) in [4.78, 5) is 9.01. The first-order valence-electron chi connectivity index (χ1n) is 15.3. The molecule has 6 heteroatoms. The molecule has 46 heavy (non-hydrogen) atoms. The number of ether oxygens (including phenoxy) is 2. The Morgan fingerprint density at radius 1 is 0.739 bits per heavy atom. The molecule has 0 atom stereocenters. The van der Waals surface area contributed by atoms with Crippen LogP contribution >= 0.6 is 0 Å². The SMILES string of the molecule is CC(C)(C)Cc1ccnc(-c2[c-]cc3c4c2Oc2ccccc2B4c2ccccc2O3)c1.Cc1ccc(-c2[c-]cccc2)nc1.[Ir]. The van der Waals surface area contributed by atoms with Gasteiger partial charge in [0.15, 0.2) is 0 Å². The predicted octanol–water partition coefficient (Wildman–Crippen LogP) is 7.72. The number of pyridine rings is 2. The molecule has 8 rings (SSSR count). The fraction of sp³-hybridized carbons (Fsp3) is 0.150. The number of fused-ring (bicyclic) bond motifs is 4. The number of benzene rings is 4. The Hall–Kier alpha value is -4.51. The Balaban J connectivity index is 0.000000223. The molecule has 6 aromatic rings. The number of rotatable bonds is 3. The van der Waals surface area contributed by atoms with Gasteiger partial charge in [0.05, 0.1) is 0 Å². The topological polar surface area (TPSA) is 44.2 Å². The van der Waals surface area contributed by atoms with E-state index in [1.807, 2.05) is 80.0 Å². The summed E-state index contributed by atoms with van der Waals surface area (Å²) >= 11 is 0. The van der Waals surface area contributed by atoms with E-state index in [2.05, 4.69) is 80.4 Å². The molecule has 0 aliphatic carbocycles. The van der Waals surface area contributed by atoms with Crippen molar-refractivity contribution in [2.45, 2.75) is 34.1 Å². The van der Waals surface area contributed by atoms with E-state index in [4.69, 9.17) is 14.5 Å². The average Bonchev–Trinajstić information content (AvgIpc) is 3.05. The molecule has 0 spiro atoms. The molecule has 0 unspecified atom stereocenters. The van der Waals surface area contributed by atoms with E-state index in [0.29, 0.717) is 0 Å². The van der Waals surface area contributed by atoms with Crippen LogP contribution in [0.3, 0.4) is 0 Å². The van der Waals surface area contributed by atoms with Crippen LogP contribution in [0.4, 0.5) is 0 Å². The molecule has 0 N–H and O–H groups in total. The van der Waals surface area contributed by atoms with Crippen molar-refractivity contribution in [3.8, 4) is 45.5 Å². The molecule has 0 fully saturated rings. The fourth-order valence-electron chi connectivity index (χ4n) is 6.03. The van der Waals surface area contributed by atoms with Crippen LogP contribution in [-0.2, 0) is 26.5 Å². The second-order valence-electron chi connectivity index (χ2n) is 12.8. The summed E-state index contributed by atoms with van der Waals surface area (Å²) in [5, 5.41) is 0. The number of hydrogen-bond acceptors (Lipinski definition) is 4. The molecule has 2 aliphatic heterocycles. The molecular weight excluding hydrogens is 743 g/mol. The number of nitrogens with zero attached hydrogens (tertiary/aromatic N) is 2. The fourth-order valence-corrected chi connectivity index (χ4v) is 6.03. The first kappa shape index (κ1) is 31.5. The van der Waals surface area contributed by atoms with Gasteiger partial charge in [-0.1, -0.05) is 92.0 Å². The quantitative estimate of drug-likeness (QED) is 0.136. The second-order valence-corrected chi connectivity index (χ2v) is 12.8. The van der Waals surface area contributed by atoms with Crippen LogP contribution in [0.15, 0.2) is 116 Å². The molecule has 1 radical (unpaired) electrons. The number of aromatic nitrogens is 2. The maximum Gasteiger partial charge on any atom is 0.239 e. The van der Waals surface area contributed by atoms with Crippen LogP contribution in [0.2, 0.25) is 0 Å². The molecule has 0 saturated heterocycles. The van der Waals surface area contributed by atoms with Gasteiger partial charge in [0, 0.05) is 44.0 Å². The molecule has 229 valence electrons. The van der Waals surface area contributed by atoms with Gasteiger partial charge < -0.3 is 19.4 Å². The third kappa shape index (κ3) is 6.42. The average molecular weight is 777 g/mol. The maximum absolute atomic E-state index is 6.51. The van der Waals surface area contributed by atoms with Crippen molar-refractivity contribution in [1.29, 1.82) is 0 Å². The van der Waals surface area contributed by atoms with Crippen LogP contribution in [0, 0.1) is 24.5 Å². The summed E-state index contributed by atoms with van der Waals surface area (Å²) in [5.74, 6) is 3.35. The summed E-state index contributed by atoms with van der Waals surface area (Å²) in [6.07, 6.45) is 4.73. The van der Waals surface area contributed by atoms with Gasteiger partial charge in [0.2, 0.25) is 6.71 Å². The third-order valence-electron chi connectivity index (χ3n) is 7.98. The Kier molecular flexibility index (Phi) is 8.95. The van der Waals surface area contributed by atoms with Crippen molar-refractivity contribution in [3.05, 3.63) is 139 Å². The number of para-hydroxylation sites is 2. The molecule has 0 amide bonds. The summed E-state index contributed by atoms with van der Waals surface area (Å²) in [5.41, 5.74) is 9.78. The minimum absolute atomic E-state index is 0. The molecule has 2 aromatic heterocycles. The monoisotopic (exact) mass is 777 g/mol. The van der Waals surface area contributed by atoms with Gasteiger partial charge in [-0.15, -0.1) is 48.0 Å². The van der Waals surface area contributed by atoms with Gasteiger partial charge in [-0.2, -0.15) is 0 Å². The maximum atomic E-state index is 6.51. The normalized spacial score (nSPS) is 12.1. The third-order valence-corrected chi connectivity index (χ3v) is 7.98. The molecular formula is C40H33BIrN2O2-2. The molecule has 4 heterocycles. The van der Waals surface area contributed by atoms with E-state index in [-0.39, 0.29) is 32.2 Å². The van der Waals surface area contributed by atoms with Crippen molar-refractivity contribution in [2.75, 3.05) is 0 Å². The van der Waals surface area contributed by atoms with E-state index in [1.54, 1.807) is 0 Å². The number of aryl methyl sites for hydroxylation is 1. The summed E-state index contributed by atoms with van der Waals surface area (Å²) < 4.78 is 12.8. The van der Waals surface area contributed by atoms with E-state index in [9.17, 15) is 0 Å². The van der Waals surface area contributed by atoms with Gasteiger partial charge in [-0.05, 0) is 64.8 Å². The van der Waals surface area contributed by atoms with E-state index in [0.717, 1.165) is 68.3 Å². The van der Waals surface area contributed by atoms with E-state index < -0.39 is 0 Å². The molecule has 4 aromatic carbocycles. The summed E-state index contributed by atoms with van der Waals surface area (Å²) in [6.45, 7) is 8.84. The Morgan fingerprint density at radius 2 is 1.46 bits per heavy atom. The first-order valence-corrected chi connectivity index (χ1v) is 15.3. The Bertz CT molecular complexity index is 1980. The number of hydrogen-bond donors (Lipinski definition) is 0. The van der Waals surface area contributed by atoms with E-state index >= 15 is 0 Å². The standard InChI is InChI=1S/C28H23BNO2.C12H10N.Ir/c1-28(2,3)17-18-14-15-30-22(16-18)19-12-13-25-26-27(19)32-24-11-7-5-9-21(24)29(26)20-8-4-6-10-23(20)31-25;1-10-7-8-12(13-9-10)11-5-3-2-4-6-11;/h4-11,13-16H,17H2,1-3H3;2-5,7-9H,1H3;/q2*-1;. The van der Waals surface area contributed by atoms with Crippen molar-refractivity contribution >= 4 is 23.1 Å². The van der Waals surface area contributed by atoms with Crippen LogP contribution in [0.25, 0.3) is 22.5 Å². The van der Waals surface area contributed by atoms with Crippen molar-refractivity contribution in [3.63, 3.8) is 0 Å². The molecule has 0 bridgehead atoms. The zero-order valence-electron chi connectivity index (χ0n) is 26.3. The Morgan fingerprint density at radius 3 is 2.13 bits per heavy atom. The van der Waals surface area contributed by atoms with Crippen molar-refractivity contribution in [2.24, 2.45) is 5.41 Å². The molecule has 4 nitrogen and oxygen atoms in total. The van der Waals surface area contributed by atoms with E-state index in [1.165, 1.54) is 11.1 Å². The Labute approximate surface area is 285 Å². The largest absolute Gasteiger partial charge is 0.503 e. The minimum atomic E-state index is 0. The minimum Gasteiger partial charge on any atom is -0.503 e. The van der Waals surface area contributed by atoms with Crippen molar-refractivity contribution in [1.82, 2.24) is 9.97 Å². The summed E-state index contributed by atoms with van der Waals surface area (Å²) in [6, 6.07) is 41.2. The molecule has 2 aliphatic rings. The first-order chi connectivity index (χ1) is 21.8. The van der Waals surface area contributed by atoms with Gasteiger partial charge in [-0.25, -0.2) is 0 Å². The van der Waals surface area contributed by atoms with Crippen LogP contribution in [0.1, 0.15) is 31.9 Å². The smallest absolute Gasteiger partial charge is 0.239 e. The predicted molar refractivity (Wildman–Crippen MR) is 183 cm³/mol. The van der Waals surface area contributed by atoms with Crippen LogP contribution < -0.4 is 25.9 Å². The van der Waals surface area contributed by atoms with Crippen LogP contribution in [-0.4, -0.2) is 16.7 Å². The zero-order chi connectivity index (χ0) is 31.0. The summed E-state index contributed by atoms with van der Waals surface area (Å²) in [7, 11) is 0. The van der Waals surface area contributed by atoms with Gasteiger partial charge in [0.25, 0.3) is 0 Å². The van der Waals surface area contributed by atoms with Gasteiger partial charge >= 0.3 is 0 Å². The zero-order valence-corrected chi connectivity index (χ0v) is 28.7. The van der Waals surface area contributed by atoms with Gasteiger partial charge in [-0.3, -0.25) is 0 Å². The van der Waals surface area contributed by atoms with Gasteiger partial charge in [0.1, 0.15) is 11.5 Å². The van der Waals surface area contributed by atoms with Crippen molar-refractivity contribution < 1.29 is 29.6 Å².